The number of halogens is 1. The van der Waals surface area contributed by atoms with Crippen LogP contribution in [-0.4, -0.2) is 64.0 Å². The van der Waals surface area contributed by atoms with E-state index in [2.05, 4.69) is 27.8 Å². The molecule has 0 spiro atoms. The predicted octanol–water partition coefficient (Wildman–Crippen LogP) is 2.54. The average molecular weight is 451 g/mol. The Bertz CT molecular complexity index is 1060. The van der Waals surface area contributed by atoms with Crippen LogP contribution in [-0.2, 0) is 17.9 Å². The minimum Gasteiger partial charge on any atom is -0.334 e. The Hall–Kier alpha value is -3.72. The van der Waals surface area contributed by atoms with Crippen LogP contribution in [0.2, 0.25) is 0 Å². The van der Waals surface area contributed by atoms with Crippen LogP contribution < -0.4 is 10.6 Å². The molecule has 0 aliphatic carbocycles. The van der Waals surface area contributed by atoms with Gasteiger partial charge in [0, 0.05) is 57.3 Å². The molecule has 2 heterocycles. The smallest absolute Gasteiger partial charge is 0.317 e. The summed E-state index contributed by atoms with van der Waals surface area (Å²) in [5.41, 5.74) is 2.75. The van der Waals surface area contributed by atoms with Gasteiger partial charge in [-0.15, -0.1) is 0 Å². The number of carbonyl (C=O) groups excluding carboxylic acids is 2. The molecular weight excluding hydrogens is 423 g/mol. The van der Waals surface area contributed by atoms with E-state index in [1.807, 2.05) is 27.8 Å². The number of urea groups is 1. The van der Waals surface area contributed by atoms with Crippen molar-refractivity contribution in [2.45, 2.75) is 13.1 Å². The lowest BCUT2D eigenvalue weighted by Gasteiger charge is -2.34. The van der Waals surface area contributed by atoms with Crippen molar-refractivity contribution in [1.29, 1.82) is 0 Å². The van der Waals surface area contributed by atoms with Crippen molar-refractivity contribution >= 4 is 17.6 Å². The van der Waals surface area contributed by atoms with Gasteiger partial charge in [0.05, 0.1) is 12.9 Å². The molecule has 9 heteroatoms. The molecule has 0 bridgehead atoms. The van der Waals surface area contributed by atoms with Gasteiger partial charge in [0.25, 0.3) is 0 Å². The van der Waals surface area contributed by atoms with E-state index in [0.29, 0.717) is 38.4 Å². The molecular formula is C24H27FN6O2. The van der Waals surface area contributed by atoms with Gasteiger partial charge in [-0.05, 0) is 35.4 Å². The summed E-state index contributed by atoms with van der Waals surface area (Å²) in [5, 5.41) is 5.75. The first-order valence-corrected chi connectivity index (χ1v) is 10.9. The number of imidazole rings is 1. The van der Waals surface area contributed by atoms with Gasteiger partial charge >= 0.3 is 6.03 Å². The molecule has 33 heavy (non-hydrogen) atoms. The maximum Gasteiger partial charge on any atom is 0.317 e. The first-order chi connectivity index (χ1) is 16.0. The fourth-order valence-corrected chi connectivity index (χ4v) is 3.76. The molecule has 3 aromatic rings. The normalized spacial score (nSPS) is 14.2. The van der Waals surface area contributed by atoms with Gasteiger partial charge in [-0.3, -0.25) is 9.69 Å². The Labute approximate surface area is 192 Å². The van der Waals surface area contributed by atoms with Gasteiger partial charge in [0.1, 0.15) is 5.82 Å². The number of hydrogen-bond acceptors (Lipinski definition) is 4. The average Bonchev–Trinajstić information content (AvgIpc) is 3.33. The minimum absolute atomic E-state index is 0.106. The van der Waals surface area contributed by atoms with Gasteiger partial charge in [0.15, 0.2) is 0 Å². The molecule has 1 aromatic heterocycles. The fraction of sp³-hybridized carbons (Fsp3) is 0.292. The molecule has 0 atom stereocenters. The van der Waals surface area contributed by atoms with E-state index in [4.69, 9.17) is 0 Å². The highest BCUT2D eigenvalue weighted by molar-refractivity contribution is 5.92. The summed E-state index contributed by atoms with van der Waals surface area (Å²) in [6.45, 7) is 3.76. The molecule has 0 radical (unpaired) electrons. The van der Waals surface area contributed by atoms with Crippen molar-refractivity contribution in [3.8, 4) is 0 Å². The van der Waals surface area contributed by atoms with Crippen LogP contribution in [0.5, 0.6) is 0 Å². The fourth-order valence-electron chi connectivity index (χ4n) is 3.76. The first-order valence-electron chi connectivity index (χ1n) is 10.9. The minimum atomic E-state index is -0.343. The van der Waals surface area contributed by atoms with Gasteiger partial charge in [-0.2, -0.15) is 0 Å². The summed E-state index contributed by atoms with van der Waals surface area (Å²) in [4.78, 5) is 32.6. The van der Waals surface area contributed by atoms with Crippen molar-refractivity contribution in [2.24, 2.45) is 0 Å². The number of nitrogens with zero attached hydrogens (tertiary/aromatic N) is 4. The van der Waals surface area contributed by atoms with Crippen LogP contribution in [0.4, 0.5) is 14.9 Å². The van der Waals surface area contributed by atoms with E-state index in [-0.39, 0.29) is 24.3 Å². The Balaban J connectivity index is 1.19. The van der Waals surface area contributed by atoms with Crippen molar-refractivity contribution < 1.29 is 14.0 Å². The molecule has 1 aliphatic heterocycles. The van der Waals surface area contributed by atoms with Crippen molar-refractivity contribution in [2.75, 3.05) is 38.0 Å². The van der Waals surface area contributed by atoms with Crippen LogP contribution in [0.15, 0.2) is 67.3 Å². The number of anilines is 1. The third-order valence-electron chi connectivity index (χ3n) is 5.51. The number of benzene rings is 2. The van der Waals surface area contributed by atoms with E-state index >= 15 is 0 Å². The van der Waals surface area contributed by atoms with Crippen molar-refractivity contribution in [3.05, 3.63) is 84.2 Å². The molecule has 0 unspecified atom stereocenters. The number of piperazine rings is 1. The zero-order chi connectivity index (χ0) is 23.0. The second kappa shape index (κ2) is 10.7. The first kappa shape index (κ1) is 22.5. The highest BCUT2D eigenvalue weighted by Gasteiger charge is 2.22. The quantitative estimate of drug-likeness (QED) is 0.580. The van der Waals surface area contributed by atoms with Gasteiger partial charge in [-0.25, -0.2) is 14.2 Å². The molecule has 3 amide bonds. The maximum atomic E-state index is 13.0. The van der Waals surface area contributed by atoms with E-state index in [9.17, 15) is 14.0 Å². The summed E-state index contributed by atoms with van der Waals surface area (Å²) in [6, 6.07) is 13.7. The molecule has 1 saturated heterocycles. The molecule has 2 aromatic carbocycles. The van der Waals surface area contributed by atoms with E-state index in [1.165, 1.54) is 24.3 Å². The standard InChI is InChI=1S/C24H27FN6O2/c25-21-4-6-22(7-5-21)28-23(32)17-29-10-12-31(13-11-29)24(33)27-15-19-2-1-3-20(14-19)16-30-9-8-26-18-30/h1-9,14,18H,10-13,15-17H2,(H,27,33)(H,28,32). The van der Waals surface area contributed by atoms with Gasteiger partial charge in [-0.1, -0.05) is 24.3 Å². The number of aromatic nitrogens is 2. The SMILES string of the molecule is O=C(CN1CCN(C(=O)NCc2cccc(Cn3ccnc3)c2)CC1)Nc1ccc(F)cc1. The lowest BCUT2D eigenvalue weighted by Crippen LogP contribution is -2.52. The second-order valence-electron chi connectivity index (χ2n) is 8.03. The molecule has 1 fully saturated rings. The molecule has 0 saturated carbocycles. The lowest BCUT2D eigenvalue weighted by molar-refractivity contribution is -0.117. The second-order valence-corrected chi connectivity index (χ2v) is 8.03. The largest absolute Gasteiger partial charge is 0.334 e. The number of rotatable bonds is 7. The monoisotopic (exact) mass is 450 g/mol. The van der Waals surface area contributed by atoms with Crippen LogP contribution in [0, 0.1) is 5.82 Å². The highest BCUT2D eigenvalue weighted by Crippen LogP contribution is 2.10. The predicted molar refractivity (Wildman–Crippen MR) is 123 cm³/mol. The van der Waals surface area contributed by atoms with Crippen molar-refractivity contribution in [1.82, 2.24) is 24.7 Å². The summed E-state index contributed by atoms with van der Waals surface area (Å²) in [7, 11) is 0. The Morgan fingerprint density at radius 2 is 1.76 bits per heavy atom. The third-order valence-corrected chi connectivity index (χ3v) is 5.51. The van der Waals surface area contributed by atoms with Crippen LogP contribution in [0.1, 0.15) is 11.1 Å². The third kappa shape index (κ3) is 6.63. The summed E-state index contributed by atoms with van der Waals surface area (Å²) in [6.07, 6.45) is 5.45. The topological polar surface area (TPSA) is 82.5 Å². The Morgan fingerprint density at radius 1 is 1.00 bits per heavy atom. The van der Waals surface area contributed by atoms with Crippen LogP contribution in [0.25, 0.3) is 0 Å². The van der Waals surface area contributed by atoms with E-state index in [1.54, 1.807) is 17.4 Å². The van der Waals surface area contributed by atoms with Gasteiger partial charge in [0.2, 0.25) is 5.91 Å². The zero-order valence-corrected chi connectivity index (χ0v) is 18.3. The van der Waals surface area contributed by atoms with E-state index < -0.39 is 0 Å². The number of hydrogen-bond donors (Lipinski definition) is 2. The van der Waals surface area contributed by atoms with Crippen LogP contribution >= 0.6 is 0 Å². The highest BCUT2D eigenvalue weighted by atomic mass is 19.1. The van der Waals surface area contributed by atoms with Crippen molar-refractivity contribution in [3.63, 3.8) is 0 Å². The summed E-state index contributed by atoms with van der Waals surface area (Å²) in [5.74, 6) is -0.500. The number of nitrogens with one attached hydrogen (secondary N) is 2. The van der Waals surface area contributed by atoms with Gasteiger partial charge < -0.3 is 20.1 Å². The Kier molecular flexibility index (Phi) is 7.31. The summed E-state index contributed by atoms with van der Waals surface area (Å²) < 4.78 is 15.0. The lowest BCUT2D eigenvalue weighted by atomic mass is 10.1. The molecule has 4 rings (SSSR count). The van der Waals surface area contributed by atoms with E-state index in [0.717, 1.165) is 17.7 Å². The molecule has 172 valence electrons. The maximum absolute atomic E-state index is 13.0. The van der Waals surface area contributed by atoms with Crippen LogP contribution in [0.3, 0.4) is 0 Å². The number of amides is 3. The molecule has 1 aliphatic rings. The Morgan fingerprint density at radius 3 is 2.48 bits per heavy atom. The number of carbonyl (C=O) groups is 2. The molecule has 2 N–H and O–H groups in total. The molecule has 8 nitrogen and oxygen atoms in total. The zero-order valence-electron chi connectivity index (χ0n) is 18.3. The summed E-state index contributed by atoms with van der Waals surface area (Å²) >= 11 is 0.